The molecule has 0 spiro atoms. The van der Waals surface area contributed by atoms with Crippen LogP contribution in [0.25, 0.3) is 0 Å². The molecule has 0 saturated heterocycles. The summed E-state index contributed by atoms with van der Waals surface area (Å²) in [6.07, 6.45) is 14.3. The molecule has 0 aromatic carbocycles. The molecule has 0 aromatic heterocycles. The first-order valence-corrected chi connectivity index (χ1v) is 8.53. The van der Waals surface area contributed by atoms with Crippen molar-refractivity contribution in [3.05, 3.63) is 0 Å². The summed E-state index contributed by atoms with van der Waals surface area (Å²) in [5.74, 6) is 2.08. The molecule has 0 radical (unpaired) electrons. The van der Waals surface area contributed by atoms with Gasteiger partial charge in [0, 0.05) is 6.04 Å². The predicted octanol–water partition coefficient (Wildman–Crippen LogP) is 5.15. The van der Waals surface area contributed by atoms with Crippen molar-refractivity contribution in [1.82, 2.24) is 5.32 Å². The number of nitrogens with one attached hydrogen (secondary N) is 1. The quantitative estimate of drug-likeness (QED) is 0.599. The molecule has 1 fully saturated rings. The van der Waals surface area contributed by atoms with Crippen LogP contribution < -0.4 is 5.32 Å². The third kappa shape index (κ3) is 6.22. The minimum absolute atomic E-state index is 0.791. The Balaban J connectivity index is 2.17. The van der Waals surface area contributed by atoms with E-state index in [1.807, 2.05) is 0 Å². The molecule has 0 amide bonds. The van der Waals surface area contributed by atoms with Crippen LogP contribution in [0.5, 0.6) is 0 Å². The molecule has 0 aromatic rings. The van der Waals surface area contributed by atoms with Gasteiger partial charge in [-0.05, 0) is 44.1 Å². The maximum absolute atomic E-state index is 3.73. The van der Waals surface area contributed by atoms with Crippen molar-refractivity contribution in [2.45, 2.75) is 91.0 Å². The second kappa shape index (κ2) is 9.83. The Hall–Kier alpha value is -0.0400. The Morgan fingerprint density at radius 3 is 2.11 bits per heavy atom. The lowest BCUT2D eigenvalue weighted by molar-refractivity contribution is 0.246. The van der Waals surface area contributed by atoms with Gasteiger partial charge in [-0.1, -0.05) is 59.3 Å². The molecule has 1 unspecified atom stereocenters. The van der Waals surface area contributed by atoms with Gasteiger partial charge in [0.2, 0.25) is 0 Å². The first-order chi connectivity index (χ1) is 8.80. The van der Waals surface area contributed by atoms with Crippen molar-refractivity contribution < 1.29 is 0 Å². The summed E-state index contributed by atoms with van der Waals surface area (Å²) in [6, 6.07) is 0.791. The molecule has 0 aliphatic heterocycles. The topological polar surface area (TPSA) is 12.0 Å². The van der Waals surface area contributed by atoms with Gasteiger partial charge in [-0.15, -0.1) is 0 Å². The van der Waals surface area contributed by atoms with E-state index in [0.29, 0.717) is 0 Å². The van der Waals surface area contributed by atoms with E-state index >= 15 is 0 Å². The molecule has 1 aliphatic carbocycles. The molecule has 0 heterocycles. The number of rotatable bonds is 9. The highest BCUT2D eigenvalue weighted by Crippen LogP contribution is 2.33. The summed E-state index contributed by atoms with van der Waals surface area (Å²) < 4.78 is 0. The lowest BCUT2D eigenvalue weighted by Gasteiger charge is -2.29. The third-order valence-electron chi connectivity index (χ3n) is 4.79. The monoisotopic (exact) mass is 253 g/mol. The smallest absolute Gasteiger partial charge is 0.00670 e. The highest BCUT2D eigenvalue weighted by atomic mass is 14.9. The van der Waals surface area contributed by atoms with Gasteiger partial charge in [-0.3, -0.25) is 0 Å². The largest absolute Gasteiger partial charge is 0.314 e. The maximum atomic E-state index is 3.73. The molecular weight excluding hydrogens is 218 g/mol. The van der Waals surface area contributed by atoms with E-state index in [2.05, 4.69) is 26.1 Å². The minimum atomic E-state index is 0.791. The molecule has 1 N–H and O–H groups in total. The zero-order valence-corrected chi connectivity index (χ0v) is 13.0. The number of hydrogen-bond donors (Lipinski definition) is 1. The second-order valence-electron chi connectivity index (χ2n) is 6.31. The molecule has 1 nitrogen and oxygen atoms in total. The van der Waals surface area contributed by atoms with Crippen LogP contribution >= 0.6 is 0 Å². The summed E-state index contributed by atoms with van der Waals surface area (Å²) in [4.78, 5) is 0. The van der Waals surface area contributed by atoms with Crippen molar-refractivity contribution in [1.29, 1.82) is 0 Å². The van der Waals surface area contributed by atoms with Crippen LogP contribution in [0.15, 0.2) is 0 Å². The van der Waals surface area contributed by atoms with Crippen LogP contribution in [-0.2, 0) is 0 Å². The normalized spacial score (nSPS) is 26.2. The van der Waals surface area contributed by atoms with Gasteiger partial charge >= 0.3 is 0 Å². The summed E-state index contributed by atoms with van der Waals surface area (Å²) in [7, 11) is 0. The van der Waals surface area contributed by atoms with Crippen LogP contribution in [0.4, 0.5) is 0 Å². The maximum Gasteiger partial charge on any atom is 0.00670 e. The Bertz CT molecular complexity index is 182. The Labute approximate surface area is 115 Å². The SMILES string of the molecule is CCCNC(CCC)CCC1CCC(CC)CC1. The van der Waals surface area contributed by atoms with Crippen molar-refractivity contribution in [3.8, 4) is 0 Å². The first-order valence-electron chi connectivity index (χ1n) is 8.53. The van der Waals surface area contributed by atoms with E-state index in [-0.39, 0.29) is 0 Å². The van der Waals surface area contributed by atoms with Crippen molar-refractivity contribution in [2.24, 2.45) is 11.8 Å². The van der Waals surface area contributed by atoms with E-state index in [1.165, 1.54) is 70.8 Å². The fraction of sp³-hybridized carbons (Fsp3) is 1.00. The van der Waals surface area contributed by atoms with Crippen LogP contribution in [0.3, 0.4) is 0 Å². The molecule has 108 valence electrons. The fourth-order valence-electron chi connectivity index (χ4n) is 3.41. The Morgan fingerprint density at radius 1 is 0.889 bits per heavy atom. The lowest BCUT2D eigenvalue weighted by atomic mass is 9.78. The van der Waals surface area contributed by atoms with Crippen molar-refractivity contribution in [3.63, 3.8) is 0 Å². The van der Waals surface area contributed by atoms with E-state index in [1.54, 1.807) is 0 Å². The zero-order valence-electron chi connectivity index (χ0n) is 13.0. The van der Waals surface area contributed by atoms with Crippen LogP contribution in [0.2, 0.25) is 0 Å². The van der Waals surface area contributed by atoms with Gasteiger partial charge in [0.05, 0.1) is 0 Å². The highest BCUT2D eigenvalue weighted by molar-refractivity contribution is 4.74. The molecular formula is C17H35N. The average molecular weight is 253 g/mol. The zero-order chi connectivity index (χ0) is 13.2. The third-order valence-corrected chi connectivity index (χ3v) is 4.79. The van der Waals surface area contributed by atoms with Gasteiger partial charge in [0.25, 0.3) is 0 Å². The highest BCUT2D eigenvalue weighted by Gasteiger charge is 2.20. The van der Waals surface area contributed by atoms with E-state index in [4.69, 9.17) is 0 Å². The minimum Gasteiger partial charge on any atom is -0.314 e. The van der Waals surface area contributed by atoms with Gasteiger partial charge in [0.1, 0.15) is 0 Å². The standard InChI is InChI=1S/C17H35N/c1-4-7-17(18-14-5-2)13-12-16-10-8-15(6-3)9-11-16/h15-18H,4-14H2,1-3H3. The molecule has 1 aliphatic rings. The van der Waals surface area contributed by atoms with Gasteiger partial charge in [-0.25, -0.2) is 0 Å². The lowest BCUT2D eigenvalue weighted by Crippen LogP contribution is -2.30. The molecule has 0 bridgehead atoms. The van der Waals surface area contributed by atoms with Crippen molar-refractivity contribution >= 4 is 0 Å². The molecule has 1 rings (SSSR count). The van der Waals surface area contributed by atoms with Gasteiger partial charge in [0.15, 0.2) is 0 Å². The summed E-state index contributed by atoms with van der Waals surface area (Å²) in [6.45, 7) is 8.14. The van der Waals surface area contributed by atoms with E-state index < -0.39 is 0 Å². The first kappa shape index (κ1) is 16.0. The summed E-state index contributed by atoms with van der Waals surface area (Å²) in [5.41, 5.74) is 0. The molecule has 1 atom stereocenters. The van der Waals surface area contributed by atoms with Crippen LogP contribution in [0, 0.1) is 11.8 Å². The summed E-state index contributed by atoms with van der Waals surface area (Å²) >= 11 is 0. The summed E-state index contributed by atoms with van der Waals surface area (Å²) in [5, 5.41) is 3.73. The van der Waals surface area contributed by atoms with Gasteiger partial charge < -0.3 is 5.32 Å². The second-order valence-corrected chi connectivity index (χ2v) is 6.31. The van der Waals surface area contributed by atoms with Gasteiger partial charge in [-0.2, -0.15) is 0 Å². The van der Waals surface area contributed by atoms with Crippen molar-refractivity contribution in [2.75, 3.05) is 6.54 Å². The fourth-order valence-corrected chi connectivity index (χ4v) is 3.41. The average Bonchev–Trinajstić information content (AvgIpc) is 2.42. The predicted molar refractivity (Wildman–Crippen MR) is 82.0 cm³/mol. The Morgan fingerprint density at radius 2 is 1.56 bits per heavy atom. The van der Waals surface area contributed by atoms with E-state index in [0.717, 1.165) is 17.9 Å². The van der Waals surface area contributed by atoms with E-state index in [9.17, 15) is 0 Å². The Kier molecular flexibility index (Phi) is 8.75. The number of hydrogen-bond acceptors (Lipinski definition) is 1. The molecule has 18 heavy (non-hydrogen) atoms. The molecule has 1 heteroatoms. The van der Waals surface area contributed by atoms with Crippen LogP contribution in [0.1, 0.15) is 85.0 Å². The van der Waals surface area contributed by atoms with Crippen LogP contribution in [-0.4, -0.2) is 12.6 Å². The molecule has 1 saturated carbocycles.